The highest BCUT2D eigenvalue weighted by Crippen LogP contribution is 2.27. The molecule has 112 valence electrons. The highest BCUT2D eigenvalue weighted by atomic mass is 35.5. The van der Waals surface area contributed by atoms with Crippen LogP contribution in [0.25, 0.3) is 0 Å². The van der Waals surface area contributed by atoms with E-state index in [1.54, 1.807) is 0 Å². The zero-order valence-corrected chi connectivity index (χ0v) is 13.8. The standard InChI is InChI=1S/C19H24ClN/c1-4-6-19(15-9-11-17(20)12-10-15)21-18-8-5-7-16(13-18)14(2)3/h5,7-14,19,21H,4,6H2,1-3H3. The van der Waals surface area contributed by atoms with Crippen LogP contribution in [0.3, 0.4) is 0 Å². The zero-order valence-electron chi connectivity index (χ0n) is 13.1. The van der Waals surface area contributed by atoms with E-state index in [2.05, 4.69) is 62.5 Å². The molecule has 0 aliphatic rings. The van der Waals surface area contributed by atoms with Gasteiger partial charge in [-0.15, -0.1) is 0 Å². The van der Waals surface area contributed by atoms with Crippen LogP contribution in [-0.2, 0) is 0 Å². The Kier molecular flexibility index (Phi) is 5.69. The lowest BCUT2D eigenvalue weighted by atomic mass is 10.00. The van der Waals surface area contributed by atoms with E-state index in [0.717, 1.165) is 17.9 Å². The van der Waals surface area contributed by atoms with Gasteiger partial charge in [-0.3, -0.25) is 0 Å². The molecule has 2 rings (SSSR count). The van der Waals surface area contributed by atoms with E-state index in [9.17, 15) is 0 Å². The first-order chi connectivity index (χ1) is 10.1. The van der Waals surface area contributed by atoms with E-state index in [4.69, 9.17) is 11.6 Å². The first kappa shape index (κ1) is 15.9. The number of halogens is 1. The number of nitrogens with one attached hydrogen (secondary N) is 1. The fourth-order valence-electron chi connectivity index (χ4n) is 2.49. The van der Waals surface area contributed by atoms with Crippen molar-refractivity contribution >= 4 is 17.3 Å². The Morgan fingerprint density at radius 1 is 1.00 bits per heavy atom. The van der Waals surface area contributed by atoms with Crippen molar-refractivity contribution in [3.05, 3.63) is 64.7 Å². The van der Waals surface area contributed by atoms with Crippen molar-refractivity contribution in [2.24, 2.45) is 0 Å². The summed E-state index contributed by atoms with van der Waals surface area (Å²) in [6.07, 6.45) is 2.25. The molecule has 0 saturated heterocycles. The van der Waals surface area contributed by atoms with Gasteiger partial charge in [0.15, 0.2) is 0 Å². The SMILES string of the molecule is CCCC(Nc1cccc(C(C)C)c1)c1ccc(Cl)cc1. The number of hydrogen-bond acceptors (Lipinski definition) is 1. The minimum Gasteiger partial charge on any atom is -0.378 e. The molecular formula is C19H24ClN. The summed E-state index contributed by atoms with van der Waals surface area (Å²) in [6, 6.07) is 17.2. The molecule has 0 amide bonds. The van der Waals surface area contributed by atoms with Gasteiger partial charge in [-0.05, 0) is 47.7 Å². The van der Waals surface area contributed by atoms with Crippen molar-refractivity contribution in [1.82, 2.24) is 0 Å². The van der Waals surface area contributed by atoms with E-state index >= 15 is 0 Å². The van der Waals surface area contributed by atoms with Gasteiger partial charge in [0.1, 0.15) is 0 Å². The van der Waals surface area contributed by atoms with Crippen LogP contribution < -0.4 is 5.32 Å². The normalized spacial score (nSPS) is 12.4. The smallest absolute Gasteiger partial charge is 0.0513 e. The molecule has 0 aliphatic carbocycles. The lowest BCUT2D eigenvalue weighted by Crippen LogP contribution is -2.10. The molecule has 21 heavy (non-hydrogen) atoms. The van der Waals surface area contributed by atoms with Crippen LogP contribution in [0.2, 0.25) is 5.02 Å². The van der Waals surface area contributed by atoms with Crippen LogP contribution in [0.4, 0.5) is 5.69 Å². The molecule has 1 nitrogen and oxygen atoms in total. The first-order valence-electron chi connectivity index (χ1n) is 7.72. The summed E-state index contributed by atoms with van der Waals surface area (Å²) in [5.41, 5.74) is 3.84. The lowest BCUT2D eigenvalue weighted by Gasteiger charge is -2.21. The summed E-state index contributed by atoms with van der Waals surface area (Å²) in [7, 11) is 0. The first-order valence-corrected chi connectivity index (χ1v) is 8.10. The third kappa shape index (κ3) is 4.50. The molecule has 2 aromatic rings. The molecule has 0 heterocycles. The van der Waals surface area contributed by atoms with Crippen LogP contribution in [-0.4, -0.2) is 0 Å². The van der Waals surface area contributed by atoms with Gasteiger partial charge < -0.3 is 5.32 Å². The van der Waals surface area contributed by atoms with Crippen LogP contribution in [0.5, 0.6) is 0 Å². The molecule has 0 spiro atoms. The predicted octanol–water partition coefficient (Wildman–Crippen LogP) is 6.42. The van der Waals surface area contributed by atoms with Gasteiger partial charge in [0.05, 0.1) is 6.04 Å². The summed E-state index contributed by atoms with van der Waals surface area (Å²) in [6.45, 7) is 6.67. The minimum atomic E-state index is 0.328. The average molecular weight is 302 g/mol. The van der Waals surface area contributed by atoms with E-state index < -0.39 is 0 Å². The number of hydrogen-bond donors (Lipinski definition) is 1. The second-order valence-corrected chi connectivity index (χ2v) is 6.25. The molecule has 1 N–H and O–H groups in total. The van der Waals surface area contributed by atoms with Crippen molar-refractivity contribution in [2.75, 3.05) is 5.32 Å². The van der Waals surface area contributed by atoms with Gasteiger partial charge in [-0.2, -0.15) is 0 Å². The second kappa shape index (κ2) is 7.51. The molecule has 2 aromatic carbocycles. The highest BCUT2D eigenvalue weighted by molar-refractivity contribution is 6.30. The summed E-state index contributed by atoms with van der Waals surface area (Å²) >= 11 is 5.99. The van der Waals surface area contributed by atoms with Gasteiger partial charge >= 0.3 is 0 Å². The van der Waals surface area contributed by atoms with Crippen LogP contribution in [0, 0.1) is 0 Å². The Bertz CT molecular complexity index is 560. The number of rotatable bonds is 6. The fourth-order valence-corrected chi connectivity index (χ4v) is 2.62. The zero-order chi connectivity index (χ0) is 15.2. The summed E-state index contributed by atoms with van der Waals surface area (Å²) < 4.78 is 0. The fraction of sp³-hybridized carbons (Fsp3) is 0.368. The molecule has 0 aliphatic heterocycles. The van der Waals surface area contributed by atoms with E-state index in [-0.39, 0.29) is 0 Å². The Labute approximate surface area is 133 Å². The van der Waals surface area contributed by atoms with Crippen LogP contribution >= 0.6 is 11.6 Å². The van der Waals surface area contributed by atoms with E-state index in [1.807, 2.05) is 12.1 Å². The van der Waals surface area contributed by atoms with Crippen molar-refractivity contribution in [3.63, 3.8) is 0 Å². The van der Waals surface area contributed by atoms with Gasteiger partial charge in [0.2, 0.25) is 0 Å². The molecular weight excluding hydrogens is 278 g/mol. The third-order valence-electron chi connectivity index (χ3n) is 3.74. The molecule has 1 atom stereocenters. The molecule has 2 heteroatoms. The average Bonchev–Trinajstić information content (AvgIpc) is 2.48. The topological polar surface area (TPSA) is 12.0 Å². The minimum absolute atomic E-state index is 0.328. The molecule has 0 bridgehead atoms. The monoisotopic (exact) mass is 301 g/mol. The Balaban J connectivity index is 2.19. The quantitative estimate of drug-likeness (QED) is 0.649. The van der Waals surface area contributed by atoms with Gasteiger partial charge in [-0.25, -0.2) is 0 Å². The maximum atomic E-state index is 5.99. The Morgan fingerprint density at radius 2 is 1.71 bits per heavy atom. The Hall–Kier alpha value is -1.47. The lowest BCUT2D eigenvalue weighted by molar-refractivity contribution is 0.677. The van der Waals surface area contributed by atoms with Gasteiger partial charge in [0.25, 0.3) is 0 Å². The second-order valence-electron chi connectivity index (χ2n) is 5.82. The maximum absolute atomic E-state index is 5.99. The van der Waals surface area contributed by atoms with Gasteiger partial charge in [0, 0.05) is 10.7 Å². The molecule has 0 aromatic heterocycles. The van der Waals surface area contributed by atoms with Crippen molar-refractivity contribution in [1.29, 1.82) is 0 Å². The molecule has 0 radical (unpaired) electrons. The van der Waals surface area contributed by atoms with Crippen LogP contribution in [0.15, 0.2) is 48.5 Å². The van der Waals surface area contributed by atoms with Crippen molar-refractivity contribution < 1.29 is 0 Å². The number of benzene rings is 2. The summed E-state index contributed by atoms with van der Waals surface area (Å²) in [5.74, 6) is 0.548. The van der Waals surface area contributed by atoms with Gasteiger partial charge in [-0.1, -0.05) is 63.1 Å². The van der Waals surface area contributed by atoms with E-state index in [0.29, 0.717) is 12.0 Å². The third-order valence-corrected chi connectivity index (χ3v) is 4.00. The molecule has 0 saturated carbocycles. The van der Waals surface area contributed by atoms with Crippen molar-refractivity contribution in [3.8, 4) is 0 Å². The molecule has 1 unspecified atom stereocenters. The highest BCUT2D eigenvalue weighted by Gasteiger charge is 2.11. The molecule has 0 fully saturated rings. The van der Waals surface area contributed by atoms with E-state index in [1.165, 1.54) is 16.8 Å². The maximum Gasteiger partial charge on any atom is 0.0513 e. The summed E-state index contributed by atoms with van der Waals surface area (Å²) in [4.78, 5) is 0. The van der Waals surface area contributed by atoms with Crippen LogP contribution in [0.1, 0.15) is 56.7 Å². The summed E-state index contributed by atoms with van der Waals surface area (Å²) in [5, 5.41) is 4.46. The largest absolute Gasteiger partial charge is 0.378 e. The number of anilines is 1. The Morgan fingerprint density at radius 3 is 2.33 bits per heavy atom. The predicted molar refractivity (Wildman–Crippen MR) is 93.3 cm³/mol. The van der Waals surface area contributed by atoms with Crippen molar-refractivity contribution in [2.45, 2.75) is 45.6 Å².